The molecular formula is C17H26ClN3O2. The number of methoxy groups -OCH3 is 1. The van der Waals surface area contributed by atoms with Crippen LogP contribution in [-0.2, 0) is 0 Å². The van der Waals surface area contributed by atoms with Crippen LogP contribution >= 0.6 is 11.6 Å². The van der Waals surface area contributed by atoms with E-state index in [-0.39, 0.29) is 6.03 Å². The van der Waals surface area contributed by atoms with E-state index in [2.05, 4.69) is 17.1 Å². The fourth-order valence-electron chi connectivity index (χ4n) is 2.68. The molecule has 0 aromatic heterocycles. The Labute approximate surface area is 143 Å². The highest BCUT2D eigenvalue weighted by molar-refractivity contribution is 6.31. The SMILES string of the molecule is CCCCN1CCN(C(=O)Nc2cc(C)c(Cl)cc2OC)CC1. The highest BCUT2D eigenvalue weighted by atomic mass is 35.5. The highest BCUT2D eigenvalue weighted by Crippen LogP contribution is 2.31. The van der Waals surface area contributed by atoms with Gasteiger partial charge in [-0.3, -0.25) is 4.90 Å². The third-order valence-corrected chi connectivity index (χ3v) is 4.62. The number of hydrogen-bond donors (Lipinski definition) is 1. The molecule has 2 amide bonds. The molecule has 1 heterocycles. The first-order valence-electron chi connectivity index (χ1n) is 8.17. The number of ether oxygens (including phenoxy) is 1. The van der Waals surface area contributed by atoms with Crippen molar-refractivity contribution in [3.8, 4) is 5.75 Å². The molecule has 1 aliphatic heterocycles. The van der Waals surface area contributed by atoms with Gasteiger partial charge >= 0.3 is 6.03 Å². The summed E-state index contributed by atoms with van der Waals surface area (Å²) in [4.78, 5) is 16.7. The van der Waals surface area contributed by atoms with Crippen LogP contribution in [0.3, 0.4) is 0 Å². The summed E-state index contributed by atoms with van der Waals surface area (Å²) in [5, 5.41) is 3.57. The van der Waals surface area contributed by atoms with E-state index in [1.807, 2.05) is 17.9 Å². The zero-order valence-electron chi connectivity index (χ0n) is 14.2. The van der Waals surface area contributed by atoms with E-state index in [4.69, 9.17) is 16.3 Å². The van der Waals surface area contributed by atoms with Crippen molar-refractivity contribution in [2.75, 3.05) is 45.2 Å². The molecule has 1 saturated heterocycles. The van der Waals surface area contributed by atoms with Gasteiger partial charge in [-0.15, -0.1) is 0 Å². The third kappa shape index (κ3) is 4.75. The number of carbonyl (C=O) groups is 1. The average Bonchev–Trinajstić information content (AvgIpc) is 2.56. The molecule has 1 aromatic rings. The van der Waals surface area contributed by atoms with Crippen molar-refractivity contribution in [3.63, 3.8) is 0 Å². The molecule has 128 valence electrons. The van der Waals surface area contributed by atoms with E-state index in [1.54, 1.807) is 13.2 Å². The predicted molar refractivity (Wildman–Crippen MR) is 94.7 cm³/mol. The molecule has 1 N–H and O–H groups in total. The van der Waals surface area contributed by atoms with Crippen LogP contribution in [0, 0.1) is 6.92 Å². The van der Waals surface area contributed by atoms with Gasteiger partial charge in [0.05, 0.1) is 12.8 Å². The number of piperazine rings is 1. The molecule has 1 aromatic carbocycles. The van der Waals surface area contributed by atoms with Crippen LogP contribution < -0.4 is 10.1 Å². The third-order valence-electron chi connectivity index (χ3n) is 4.21. The number of hydrogen-bond acceptors (Lipinski definition) is 3. The zero-order chi connectivity index (χ0) is 16.8. The van der Waals surface area contributed by atoms with E-state index in [1.165, 1.54) is 12.8 Å². The van der Waals surface area contributed by atoms with Crippen LogP contribution in [0.25, 0.3) is 0 Å². The highest BCUT2D eigenvalue weighted by Gasteiger charge is 2.21. The lowest BCUT2D eigenvalue weighted by molar-refractivity contribution is 0.146. The number of urea groups is 1. The minimum Gasteiger partial charge on any atom is -0.495 e. The van der Waals surface area contributed by atoms with Crippen molar-refractivity contribution in [1.29, 1.82) is 0 Å². The number of nitrogens with one attached hydrogen (secondary N) is 1. The maximum Gasteiger partial charge on any atom is 0.322 e. The van der Waals surface area contributed by atoms with Crippen LogP contribution in [0.1, 0.15) is 25.3 Å². The number of anilines is 1. The van der Waals surface area contributed by atoms with Crippen molar-refractivity contribution in [1.82, 2.24) is 9.80 Å². The number of benzene rings is 1. The fourth-order valence-corrected chi connectivity index (χ4v) is 2.83. The lowest BCUT2D eigenvalue weighted by Gasteiger charge is -2.34. The largest absolute Gasteiger partial charge is 0.495 e. The van der Waals surface area contributed by atoms with Gasteiger partial charge in [-0.2, -0.15) is 0 Å². The Kier molecular flexibility index (Phi) is 6.54. The lowest BCUT2D eigenvalue weighted by Crippen LogP contribution is -2.50. The van der Waals surface area contributed by atoms with E-state index in [9.17, 15) is 4.79 Å². The summed E-state index contributed by atoms with van der Waals surface area (Å²) in [7, 11) is 1.57. The molecule has 0 unspecified atom stereocenters. The van der Waals surface area contributed by atoms with Gasteiger partial charge in [-0.25, -0.2) is 4.79 Å². The number of amides is 2. The standard InChI is InChI=1S/C17H26ClN3O2/c1-4-5-6-20-7-9-21(10-8-20)17(22)19-15-11-13(2)14(18)12-16(15)23-3/h11-12H,4-10H2,1-3H3,(H,19,22). The summed E-state index contributed by atoms with van der Waals surface area (Å²) < 4.78 is 5.30. The monoisotopic (exact) mass is 339 g/mol. The molecule has 1 aliphatic rings. The number of rotatable bonds is 5. The van der Waals surface area contributed by atoms with Gasteiger partial charge in [-0.1, -0.05) is 24.9 Å². The Bertz CT molecular complexity index is 543. The van der Waals surface area contributed by atoms with Crippen molar-refractivity contribution < 1.29 is 9.53 Å². The van der Waals surface area contributed by atoms with Gasteiger partial charge in [0.2, 0.25) is 0 Å². The first-order chi connectivity index (χ1) is 11.0. The number of carbonyl (C=O) groups excluding carboxylic acids is 1. The first kappa shape index (κ1) is 17.9. The first-order valence-corrected chi connectivity index (χ1v) is 8.55. The summed E-state index contributed by atoms with van der Waals surface area (Å²) >= 11 is 6.10. The minimum absolute atomic E-state index is 0.0832. The van der Waals surface area contributed by atoms with Crippen LogP contribution in [0.15, 0.2) is 12.1 Å². The summed E-state index contributed by atoms with van der Waals surface area (Å²) in [6, 6.07) is 3.49. The number of halogens is 1. The Morgan fingerprint density at radius 3 is 2.61 bits per heavy atom. The molecule has 0 bridgehead atoms. The maximum atomic E-state index is 12.5. The van der Waals surface area contributed by atoms with Gasteiger partial charge in [0.15, 0.2) is 0 Å². The van der Waals surface area contributed by atoms with E-state index in [0.29, 0.717) is 16.5 Å². The van der Waals surface area contributed by atoms with Crippen molar-refractivity contribution in [2.24, 2.45) is 0 Å². The molecule has 5 nitrogen and oxygen atoms in total. The number of unbranched alkanes of at least 4 members (excludes halogenated alkanes) is 1. The zero-order valence-corrected chi connectivity index (χ0v) is 14.9. The number of nitrogens with zero attached hydrogens (tertiary/aromatic N) is 2. The summed E-state index contributed by atoms with van der Waals surface area (Å²) in [5.74, 6) is 0.579. The Hall–Kier alpha value is -1.46. The van der Waals surface area contributed by atoms with Gasteiger partial charge in [-0.05, 0) is 31.5 Å². The molecular weight excluding hydrogens is 314 g/mol. The molecule has 2 rings (SSSR count). The Balaban J connectivity index is 1.94. The molecule has 0 saturated carbocycles. The second-order valence-electron chi connectivity index (χ2n) is 5.91. The van der Waals surface area contributed by atoms with Crippen LogP contribution in [0.4, 0.5) is 10.5 Å². The Morgan fingerprint density at radius 1 is 1.30 bits per heavy atom. The molecule has 0 atom stereocenters. The van der Waals surface area contributed by atoms with Crippen molar-refractivity contribution in [3.05, 3.63) is 22.7 Å². The average molecular weight is 340 g/mol. The topological polar surface area (TPSA) is 44.8 Å². The summed E-state index contributed by atoms with van der Waals surface area (Å²) in [6.07, 6.45) is 2.42. The minimum atomic E-state index is -0.0832. The van der Waals surface area contributed by atoms with Gasteiger partial charge < -0.3 is 15.0 Å². The van der Waals surface area contributed by atoms with E-state index in [0.717, 1.165) is 38.3 Å². The molecule has 0 radical (unpaired) electrons. The summed E-state index contributed by atoms with van der Waals surface area (Å²) in [5.41, 5.74) is 1.57. The quantitative estimate of drug-likeness (QED) is 0.891. The van der Waals surface area contributed by atoms with Gasteiger partial charge in [0.25, 0.3) is 0 Å². The number of aryl methyl sites for hydroxylation is 1. The van der Waals surface area contributed by atoms with Gasteiger partial charge in [0.1, 0.15) is 5.75 Å². The van der Waals surface area contributed by atoms with Gasteiger partial charge in [0, 0.05) is 37.3 Å². The lowest BCUT2D eigenvalue weighted by atomic mass is 10.2. The molecule has 6 heteroatoms. The Morgan fingerprint density at radius 2 is 2.00 bits per heavy atom. The van der Waals surface area contributed by atoms with E-state index >= 15 is 0 Å². The normalized spacial score (nSPS) is 15.6. The maximum absolute atomic E-state index is 12.5. The molecule has 0 spiro atoms. The van der Waals surface area contributed by atoms with Crippen LogP contribution in [0.5, 0.6) is 5.75 Å². The molecule has 0 aliphatic carbocycles. The van der Waals surface area contributed by atoms with E-state index < -0.39 is 0 Å². The van der Waals surface area contributed by atoms with Crippen LogP contribution in [0.2, 0.25) is 5.02 Å². The summed E-state index contributed by atoms with van der Waals surface area (Å²) in [6.45, 7) is 8.61. The van der Waals surface area contributed by atoms with Crippen molar-refractivity contribution in [2.45, 2.75) is 26.7 Å². The van der Waals surface area contributed by atoms with Crippen molar-refractivity contribution >= 4 is 23.3 Å². The smallest absolute Gasteiger partial charge is 0.322 e. The molecule has 23 heavy (non-hydrogen) atoms. The second kappa shape index (κ2) is 8.41. The second-order valence-corrected chi connectivity index (χ2v) is 6.32. The fraction of sp³-hybridized carbons (Fsp3) is 0.588. The molecule has 1 fully saturated rings. The van der Waals surface area contributed by atoms with Crippen LogP contribution in [-0.4, -0.2) is 55.7 Å². The predicted octanol–water partition coefficient (Wildman–Crippen LogP) is 3.61.